The standard InChI is InChI=1S/C89H70N4OSi2/c1-64-56-87(90-62-80(64)66-34-15-6-16-35-66)93-81-51-30-29-50-78(81)79-54-53-71(61-83(79)93)94-70-37-31-36-69(60-70)91-63-92(82-55-52-67(57-84(82)91)65-32-13-5-14-33-65)88-85(95(72-38-17-7-18-39-72,73-40-19-8-20-41-73)74-42-21-9-22-43-74)58-68(89(2,3)4)59-86(88)96(75-44-23-10-24-45-75,76-46-25-11-26-47-76)77-48-27-12-28-49-77/h5-62H,1-4H3/i1D3,5D,6D,7D,8D,9D,10D,11D,12D,13D,14D,15D,16D,17D,18D,19D,20D,21D,22D,23D,24D,25D,26D,27D,28D,32D,33D,34D,35D,38D,39D,40D,41D,42D,43D,44D,45D,46D,47D,48D,49D. The van der Waals surface area contributed by atoms with E-state index >= 15 is 0 Å². The maximum absolute atomic E-state index is 10.5. The summed E-state index contributed by atoms with van der Waals surface area (Å²) in [5, 5.41) is -8.22. The normalized spacial score (nSPS) is 18.4. The largest absolute Gasteiger partial charge is 0.458 e. The van der Waals surface area contributed by atoms with Gasteiger partial charge in [0.05, 0.1) is 88.3 Å². The van der Waals surface area contributed by atoms with Gasteiger partial charge in [-0.2, -0.15) is 0 Å². The van der Waals surface area contributed by atoms with Gasteiger partial charge < -0.3 is 4.74 Å². The molecule has 0 amide bonds. The Hall–Kier alpha value is -11.5. The summed E-state index contributed by atoms with van der Waals surface area (Å²) in [5.41, 5.74) is -5.33. The molecule has 0 radical (unpaired) electrons. The number of benzene rings is 13. The van der Waals surface area contributed by atoms with Crippen molar-refractivity contribution in [1.82, 2.24) is 14.1 Å². The number of aromatic nitrogens is 4. The van der Waals surface area contributed by atoms with Crippen molar-refractivity contribution < 1.29 is 68.2 Å². The molecular weight excluding hydrogens is 1200 g/mol. The molecule has 96 heavy (non-hydrogen) atoms. The molecule has 0 bridgehead atoms. The summed E-state index contributed by atoms with van der Waals surface area (Å²) < 4.78 is 425. The Morgan fingerprint density at radius 1 is 0.438 bits per heavy atom. The zero-order chi connectivity index (χ0) is 102. The minimum Gasteiger partial charge on any atom is -0.458 e. The lowest BCUT2D eigenvalue weighted by Crippen LogP contribution is -2.80. The Morgan fingerprint density at radius 2 is 0.917 bits per heavy atom. The van der Waals surface area contributed by atoms with Gasteiger partial charge in [0.15, 0.2) is 16.1 Å². The number of ether oxygens (including phenoxy) is 1. The van der Waals surface area contributed by atoms with Crippen molar-refractivity contribution in [3.63, 3.8) is 0 Å². The number of pyridine rings is 1. The van der Waals surface area contributed by atoms with Crippen LogP contribution >= 0.6 is 0 Å². The summed E-state index contributed by atoms with van der Waals surface area (Å²) in [6, 6.07) is -23.4. The van der Waals surface area contributed by atoms with Crippen molar-refractivity contribution in [3.8, 4) is 50.9 Å². The van der Waals surface area contributed by atoms with Crippen LogP contribution in [0.2, 0.25) is 0 Å². The van der Waals surface area contributed by atoms with E-state index in [-0.39, 0.29) is 50.7 Å². The summed E-state index contributed by atoms with van der Waals surface area (Å²) in [7, 11) is -14.1. The van der Waals surface area contributed by atoms with Gasteiger partial charge in [-0.05, 0) is 130 Å². The van der Waals surface area contributed by atoms with Gasteiger partial charge >= 0.3 is 0 Å². The molecule has 0 aliphatic carbocycles. The first-order chi connectivity index (χ1) is 64.9. The van der Waals surface area contributed by atoms with Crippen molar-refractivity contribution >= 4 is 90.5 Å². The fourth-order valence-electron chi connectivity index (χ4n) is 12.3. The minimum atomic E-state index is -7.06. The molecule has 3 heterocycles. The molecule has 0 N–H and O–H groups in total. The number of nitrogens with zero attached hydrogens (tertiary/aromatic N) is 4. The molecular formula is C89H70N4OSi2. The predicted octanol–water partition coefficient (Wildman–Crippen LogP) is 15.7. The molecule has 0 aliphatic heterocycles. The number of hydrogen-bond donors (Lipinski definition) is 0. The van der Waals surface area contributed by atoms with Gasteiger partial charge in [0.25, 0.3) is 6.33 Å². The second-order valence-electron chi connectivity index (χ2n) is 22.9. The van der Waals surface area contributed by atoms with Crippen molar-refractivity contribution in [2.24, 2.45) is 0 Å². The highest BCUT2D eigenvalue weighted by molar-refractivity contribution is 7.22. The van der Waals surface area contributed by atoms with Crippen molar-refractivity contribution in [1.29, 1.82) is 0 Å². The van der Waals surface area contributed by atoms with E-state index in [1.807, 2.05) is 0 Å². The fraction of sp³-hybridized carbons (Fsp3) is 0.0562. The van der Waals surface area contributed by atoms with E-state index in [1.165, 1.54) is 75.4 Å². The van der Waals surface area contributed by atoms with Gasteiger partial charge in [0.2, 0.25) is 0 Å². The quantitative estimate of drug-likeness (QED) is 0.0444. The highest BCUT2D eigenvalue weighted by atomic mass is 28.3. The lowest BCUT2D eigenvalue weighted by Gasteiger charge is -2.42. The summed E-state index contributed by atoms with van der Waals surface area (Å²) in [4.78, 5) is 4.69. The maximum atomic E-state index is 10.5. The van der Waals surface area contributed by atoms with Gasteiger partial charge in [-0.3, -0.25) is 13.7 Å². The molecule has 16 aromatic rings. The number of hydrogen-bond acceptors (Lipinski definition) is 2. The molecule has 0 saturated carbocycles. The Morgan fingerprint density at radius 3 is 1.43 bits per heavy atom. The molecule has 13 aromatic carbocycles. The third kappa shape index (κ3) is 10.3. The maximum Gasteiger partial charge on any atom is 0.269 e. The molecule has 5 nitrogen and oxygen atoms in total. The number of rotatable bonds is 15. The van der Waals surface area contributed by atoms with Gasteiger partial charge in [-0.15, -0.1) is 0 Å². The topological polar surface area (TPSA) is 35.9 Å². The van der Waals surface area contributed by atoms with E-state index in [0.717, 1.165) is 27.5 Å². The predicted molar refractivity (Wildman–Crippen MR) is 404 cm³/mol. The van der Waals surface area contributed by atoms with Crippen LogP contribution in [0, 0.1) is 13.2 Å². The van der Waals surface area contributed by atoms with Crippen LogP contribution in [0.25, 0.3) is 72.3 Å². The zero-order valence-electron chi connectivity index (χ0n) is 93.6. The van der Waals surface area contributed by atoms with E-state index in [9.17, 15) is 43.9 Å². The first-order valence-corrected chi connectivity index (χ1v) is 33.5. The van der Waals surface area contributed by atoms with Crippen LogP contribution in [0.3, 0.4) is 0 Å². The first kappa shape index (κ1) is 29.0. The molecule has 3 aromatic heterocycles. The SMILES string of the molecule is [2H]c1c([2H])c([2H])c(-c2ccc3c(c2)n(-c2cccc(Oc4ccc5c6ccccc6n(-c6cc(C([2H])([2H])[2H])c(-c7c([2H])c([2H])c([2H])c([2H])c7[2H])cn6)c5c4)c2)[c-][n+]3-c2c([Si](c3c([2H])c([2H])c([2H])c([2H])c3[2H])(c3c([2H])c([2H])c([2H])c([2H])c3[2H])c3c([2H])c([2H])c([2H])c([2H])c3[2H])cc(C(C)(C)C)cc2[Si](c2c([2H])c([2H])c([2H])c([2H])c2[2H])(c2c([2H])c([2H])c([2H])c([2H])c2[2H])c2c([2H])c([2H])c([2H])c([2H])c2[2H])c([2H])c1[2H]. The second-order valence-corrected chi connectivity index (χ2v) is 29.9. The zero-order valence-corrected chi connectivity index (χ0v) is 52.6. The molecule has 7 heteroatoms. The van der Waals surface area contributed by atoms with Crippen molar-refractivity contribution in [3.05, 3.63) is 368 Å². The molecule has 0 fully saturated rings. The van der Waals surface area contributed by atoms with E-state index in [1.54, 1.807) is 41.0 Å². The summed E-state index contributed by atoms with van der Waals surface area (Å²) >= 11 is 0. The highest BCUT2D eigenvalue weighted by Gasteiger charge is 2.49. The Bertz CT molecular complexity index is 7360. The van der Waals surface area contributed by atoms with Crippen molar-refractivity contribution in [2.45, 2.75) is 33.0 Å². The number of fused-ring (bicyclic) bond motifs is 4. The molecule has 0 atom stereocenters. The van der Waals surface area contributed by atoms with E-state index in [2.05, 4.69) is 6.33 Å². The lowest BCUT2D eigenvalue weighted by atomic mass is 9.87. The third-order valence-electron chi connectivity index (χ3n) is 16.5. The third-order valence-corrected chi connectivity index (χ3v) is 24.9. The van der Waals surface area contributed by atoms with Gasteiger partial charge in [-0.1, -0.05) is 311 Å². The van der Waals surface area contributed by atoms with Crippen LogP contribution in [0.4, 0.5) is 0 Å². The smallest absolute Gasteiger partial charge is 0.269 e. The van der Waals surface area contributed by atoms with E-state index < -0.39 is 339 Å². The fourth-order valence-corrected chi connectivity index (χ4v) is 20.5. The van der Waals surface area contributed by atoms with Gasteiger partial charge in [0, 0.05) is 32.7 Å². The monoisotopic (exact) mass is 1310 g/mol. The van der Waals surface area contributed by atoms with Crippen LogP contribution in [0.5, 0.6) is 11.5 Å². The van der Waals surface area contributed by atoms with Crippen LogP contribution < -0.4 is 50.8 Å². The van der Waals surface area contributed by atoms with Crippen molar-refractivity contribution in [2.75, 3.05) is 0 Å². The molecule has 460 valence electrons. The van der Waals surface area contributed by atoms with Gasteiger partial charge in [0.1, 0.15) is 17.3 Å². The highest BCUT2D eigenvalue weighted by Crippen LogP contribution is 2.37. The van der Waals surface area contributed by atoms with Gasteiger partial charge in [-0.25, -0.2) is 4.98 Å². The Kier molecular flexibility index (Phi) is 7.49. The van der Waals surface area contributed by atoms with Crippen LogP contribution in [0.15, 0.2) is 351 Å². The Balaban J connectivity index is 1.17. The molecule has 0 saturated heterocycles. The van der Waals surface area contributed by atoms with E-state index in [0.29, 0.717) is 16.3 Å². The van der Waals surface area contributed by atoms with Crippen LogP contribution in [-0.4, -0.2) is 30.3 Å². The summed E-state index contributed by atoms with van der Waals surface area (Å²) in [5.74, 6) is -0.185. The number of aryl methyl sites for hydroxylation is 1. The van der Waals surface area contributed by atoms with Crippen LogP contribution in [0.1, 0.15) is 90.8 Å². The second kappa shape index (κ2) is 24.8. The lowest BCUT2D eigenvalue weighted by molar-refractivity contribution is -0.570. The Labute approximate surface area is 624 Å². The number of imidazole rings is 1. The summed E-state index contributed by atoms with van der Waals surface area (Å²) in [6.07, 6.45) is 4.34. The molecule has 0 aliphatic rings. The first-order valence-electron chi connectivity index (χ1n) is 51.0. The average Bonchev–Trinajstić information content (AvgIpc) is 1.44. The minimum absolute atomic E-state index is 0.00269. The van der Waals surface area contributed by atoms with E-state index in [4.69, 9.17) is 24.8 Å². The van der Waals surface area contributed by atoms with Crippen LogP contribution in [-0.2, 0) is 5.41 Å². The molecule has 16 rings (SSSR count). The molecule has 0 unspecified atom stereocenters. The average molecular weight is 1310 g/mol. The molecule has 0 spiro atoms. The summed E-state index contributed by atoms with van der Waals surface area (Å²) in [6.45, 7) is 1.35. The number of para-hydroxylation sites is 1.